The Morgan fingerprint density at radius 3 is 2.47 bits per heavy atom. The molecule has 1 aromatic carbocycles. The minimum atomic E-state index is 0. The zero-order valence-electron chi connectivity index (χ0n) is 12.0. The highest BCUT2D eigenvalue weighted by atomic mass is 35.5. The zero-order valence-corrected chi connectivity index (χ0v) is 13.6. The molecule has 4 heteroatoms. The number of ether oxygens (including phenoxy) is 1. The first-order valence-corrected chi connectivity index (χ1v) is 7.19. The van der Waals surface area contributed by atoms with Crippen molar-refractivity contribution in [2.24, 2.45) is 5.73 Å². The smallest absolute Gasteiger partial charge is 0.141 e. The van der Waals surface area contributed by atoms with E-state index in [0.717, 1.165) is 37.0 Å². The molecule has 0 bridgehead atoms. The molecular weight excluding hydrogens is 281 g/mol. The maximum Gasteiger partial charge on any atom is 0.141 e. The van der Waals surface area contributed by atoms with Crippen LogP contribution in [0, 0.1) is 0 Å². The average molecular weight is 306 g/mol. The van der Waals surface area contributed by atoms with Crippen LogP contribution in [-0.4, -0.2) is 12.6 Å². The Morgan fingerprint density at radius 1 is 1.26 bits per heavy atom. The summed E-state index contributed by atoms with van der Waals surface area (Å²) in [6, 6.07) is 4.33. The quantitative estimate of drug-likeness (QED) is 0.810. The lowest BCUT2D eigenvalue weighted by atomic mass is 10.0. The lowest BCUT2D eigenvalue weighted by molar-refractivity contribution is 0.313. The molecule has 19 heavy (non-hydrogen) atoms. The van der Waals surface area contributed by atoms with Gasteiger partial charge < -0.3 is 10.5 Å². The predicted octanol–water partition coefficient (Wildman–Crippen LogP) is 4.39. The lowest BCUT2D eigenvalue weighted by Crippen LogP contribution is -2.22. The van der Waals surface area contributed by atoms with Crippen molar-refractivity contribution in [2.75, 3.05) is 6.61 Å². The van der Waals surface area contributed by atoms with Gasteiger partial charge in [-0.25, -0.2) is 0 Å². The Morgan fingerprint density at radius 2 is 1.95 bits per heavy atom. The lowest BCUT2D eigenvalue weighted by Gasteiger charge is -2.17. The number of aryl methyl sites for hydroxylation is 1. The summed E-state index contributed by atoms with van der Waals surface area (Å²) in [6.07, 6.45) is 3.73. The van der Waals surface area contributed by atoms with Crippen molar-refractivity contribution < 1.29 is 4.74 Å². The van der Waals surface area contributed by atoms with Crippen LogP contribution in [0.2, 0.25) is 5.02 Å². The summed E-state index contributed by atoms with van der Waals surface area (Å²) in [4.78, 5) is 0. The van der Waals surface area contributed by atoms with Crippen LogP contribution in [0.1, 0.15) is 44.7 Å². The molecule has 0 fully saturated rings. The second-order valence-corrected chi connectivity index (χ2v) is 5.05. The van der Waals surface area contributed by atoms with Gasteiger partial charge in [0.15, 0.2) is 0 Å². The van der Waals surface area contributed by atoms with E-state index in [9.17, 15) is 0 Å². The summed E-state index contributed by atoms with van der Waals surface area (Å²) in [5.41, 5.74) is 8.42. The average Bonchev–Trinajstić information content (AvgIpc) is 2.37. The van der Waals surface area contributed by atoms with Crippen LogP contribution in [-0.2, 0) is 12.8 Å². The third-order valence-electron chi connectivity index (χ3n) is 3.05. The Labute approximate surface area is 128 Å². The van der Waals surface area contributed by atoms with Crippen LogP contribution in [0.5, 0.6) is 5.75 Å². The molecule has 1 unspecified atom stereocenters. The van der Waals surface area contributed by atoms with Crippen LogP contribution in [0.25, 0.3) is 0 Å². The Kier molecular flexibility index (Phi) is 9.24. The van der Waals surface area contributed by atoms with Gasteiger partial charge >= 0.3 is 0 Å². The van der Waals surface area contributed by atoms with Crippen molar-refractivity contribution in [3.63, 3.8) is 0 Å². The van der Waals surface area contributed by atoms with E-state index in [4.69, 9.17) is 22.1 Å². The topological polar surface area (TPSA) is 35.2 Å². The van der Waals surface area contributed by atoms with Gasteiger partial charge in [-0.3, -0.25) is 0 Å². The first-order chi connectivity index (χ1) is 8.62. The molecule has 1 rings (SSSR count). The first-order valence-electron chi connectivity index (χ1n) is 6.81. The molecule has 0 heterocycles. The fraction of sp³-hybridized carbons (Fsp3) is 0.600. The Hall–Kier alpha value is -0.440. The third-order valence-corrected chi connectivity index (χ3v) is 3.33. The number of rotatable bonds is 7. The summed E-state index contributed by atoms with van der Waals surface area (Å²) in [5, 5.41) is 0.709. The highest BCUT2D eigenvalue weighted by Crippen LogP contribution is 2.32. The summed E-state index contributed by atoms with van der Waals surface area (Å²) < 4.78 is 5.77. The van der Waals surface area contributed by atoms with Gasteiger partial charge in [0.2, 0.25) is 0 Å². The van der Waals surface area contributed by atoms with E-state index in [1.165, 1.54) is 5.56 Å². The summed E-state index contributed by atoms with van der Waals surface area (Å²) in [5.74, 6) is 0.819. The van der Waals surface area contributed by atoms with Crippen molar-refractivity contribution in [1.29, 1.82) is 0 Å². The van der Waals surface area contributed by atoms with E-state index in [1.807, 2.05) is 6.07 Å². The van der Waals surface area contributed by atoms with Gasteiger partial charge in [-0.1, -0.05) is 38.4 Å². The highest BCUT2D eigenvalue weighted by Gasteiger charge is 2.13. The van der Waals surface area contributed by atoms with Gasteiger partial charge in [0, 0.05) is 6.04 Å². The van der Waals surface area contributed by atoms with Crippen LogP contribution >= 0.6 is 24.0 Å². The number of halogens is 2. The highest BCUT2D eigenvalue weighted by molar-refractivity contribution is 6.32. The predicted molar refractivity (Wildman–Crippen MR) is 85.8 cm³/mol. The minimum Gasteiger partial charge on any atom is -0.492 e. The van der Waals surface area contributed by atoms with Crippen molar-refractivity contribution in [3.05, 3.63) is 28.3 Å². The number of hydrogen-bond donors (Lipinski definition) is 1. The Bertz CT molecular complexity index is 383. The summed E-state index contributed by atoms with van der Waals surface area (Å²) in [7, 11) is 0. The maximum atomic E-state index is 6.31. The molecule has 0 radical (unpaired) electrons. The molecule has 0 aliphatic heterocycles. The molecule has 110 valence electrons. The van der Waals surface area contributed by atoms with E-state index in [-0.39, 0.29) is 18.4 Å². The van der Waals surface area contributed by atoms with E-state index in [2.05, 4.69) is 26.8 Å². The second kappa shape index (κ2) is 9.46. The maximum absolute atomic E-state index is 6.31. The normalized spacial score (nSPS) is 11.8. The third kappa shape index (κ3) is 5.60. The van der Waals surface area contributed by atoms with Crippen molar-refractivity contribution in [1.82, 2.24) is 0 Å². The molecular formula is C15H25Cl2NO. The standard InChI is InChI=1S/C15H24ClNO.ClH/c1-4-7-18-15-12(10-13(17)6-3)8-11(5-2)9-14(15)16;/h8-9,13H,4-7,10,17H2,1-3H3;1H. The second-order valence-electron chi connectivity index (χ2n) is 4.64. The molecule has 2 N–H and O–H groups in total. The SMILES string of the molecule is CCCOc1c(Cl)cc(CC)cc1CC(N)CC.Cl. The molecule has 0 spiro atoms. The van der Waals surface area contributed by atoms with Gasteiger partial charge in [-0.05, 0) is 42.9 Å². The van der Waals surface area contributed by atoms with Gasteiger partial charge in [0.1, 0.15) is 5.75 Å². The minimum absolute atomic E-state index is 0. The zero-order chi connectivity index (χ0) is 13.5. The van der Waals surface area contributed by atoms with Crippen LogP contribution in [0.4, 0.5) is 0 Å². The van der Waals surface area contributed by atoms with Gasteiger partial charge in [0.25, 0.3) is 0 Å². The fourth-order valence-electron chi connectivity index (χ4n) is 1.86. The van der Waals surface area contributed by atoms with Gasteiger partial charge in [-0.15, -0.1) is 12.4 Å². The first kappa shape index (κ1) is 18.6. The van der Waals surface area contributed by atoms with E-state index < -0.39 is 0 Å². The molecule has 0 amide bonds. The molecule has 0 saturated heterocycles. The van der Waals surface area contributed by atoms with Crippen molar-refractivity contribution >= 4 is 24.0 Å². The molecule has 1 atom stereocenters. The van der Waals surface area contributed by atoms with Crippen LogP contribution in [0.3, 0.4) is 0 Å². The van der Waals surface area contributed by atoms with Crippen LogP contribution < -0.4 is 10.5 Å². The van der Waals surface area contributed by atoms with E-state index >= 15 is 0 Å². The van der Waals surface area contributed by atoms with E-state index in [1.54, 1.807) is 0 Å². The monoisotopic (exact) mass is 305 g/mol. The van der Waals surface area contributed by atoms with Crippen LogP contribution in [0.15, 0.2) is 12.1 Å². The summed E-state index contributed by atoms with van der Waals surface area (Å²) in [6.45, 7) is 7.01. The van der Waals surface area contributed by atoms with Gasteiger partial charge in [-0.2, -0.15) is 0 Å². The number of nitrogens with two attached hydrogens (primary N) is 1. The molecule has 0 aliphatic carbocycles. The van der Waals surface area contributed by atoms with Crippen molar-refractivity contribution in [3.8, 4) is 5.75 Å². The molecule has 0 aromatic heterocycles. The molecule has 2 nitrogen and oxygen atoms in total. The molecule has 1 aromatic rings. The van der Waals surface area contributed by atoms with Crippen molar-refractivity contribution in [2.45, 2.75) is 52.5 Å². The fourth-order valence-corrected chi connectivity index (χ4v) is 2.18. The number of benzene rings is 1. The van der Waals surface area contributed by atoms with E-state index in [0.29, 0.717) is 11.6 Å². The molecule has 0 saturated carbocycles. The Balaban J connectivity index is 0.00000324. The number of hydrogen-bond acceptors (Lipinski definition) is 2. The summed E-state index contributed by atoms with van der Waals surface area (Å²) >= 11 is 6.31. The largest absolute Gasteiger partial charge is 0.492 e. The van der Waals surface area contributed by atoms with Gasteiger partial charge in [0.05, 0.1) is 11.6 Å². The molecule has 0 aliphatic rings.